The molecule has 0 unspecified atom stereocenters. The molecule has 1 aliphatic heterocycles. The van der Waals surface area contributed by atoms with Crippen molar-refractivity contribution in [3.05, 3.63) is 53.6 Å². The molecule has 0 radical (unpaired) electrons. The van der Waals surface area contributed by atoms with Gasteiger partial charge < -0.3 is 9.47 Å². The molecule has 5 aliphatic rings. The van der Waals surface area contributed by atoms with Crippen LogP contribution >= 0.6 is 0 Å². The first-order chi connectivity index (χ1) is 14.1. The second-order valence-electron chi connectivity index (χ2n) is 10.4. The van der Waals surface area contributed by atoms with Crippen LogP contribution in [0.1, 0.15) is 62.0 Å². The van der Waals surface area contributed by atoms with Crippen molar-refractivity contribution in [1.29, 1.82) is 0 Å². The third-order valence-electron chi connectivity index (χ3n) is 8.99. The molecular formula is C25H30N4. The number of imidazole rings is 2. The van der Waals surface area contributed by atoms with Crippen molar-refractivity contribution in [3.63, 3.8) is 0 Å². The Morgan fingerprint density at radius 1 is 0.966 bits per heavy atom. The monoisotopic (exact) mass is 386 g/mol. The number of aromatic nitrogens is 3. The van der Waals surface area contributed by atoms with Gasteiger partial charge in [-0.05, 0) is 81.3 Å². The maximum absolute atomic E-state index is 5.23. The number of anilines is 1. The van der Waals surface area contributed by atoms with Gasteiger partial charge in [0.2, 0.25) is 5.78 Å². The summed E-state index contributed by atoms with van der Waals surface area (Å²) in [6.07, 6.45) is 11.5. The van der Waals surface area contributed by atoms with Gasteiger partial charge in [-0.1, -0.05) is 18.2 Å². The van der Waals surface area contributed by atoms with E-state index >= 15 is 0 Å². The molecule has 29 heavy (non-hydrogen) atoms. The molecule has 1 aromatic carbocycles. The molecule has 0 amide bonds. The van der Waals surface area contributed by atoms with Gasteiger partial charge in [-0.3, -0.25) is 4.40 Å². The van der Waals surface area contributed by atoms with E-state index in [0.717, 1.165) is 29.4 Å². The van der Waals surface area contributed by atoms with Crippen molar-refractivity contribution >= 4 is 11.5 Å². The van der Waals surface area contributed by atoms with Crippen LogP contribution in [0.4, 0.5) is 5.69 Å². The number of hydrogen-bond acceptors (Lipinski definition) is 2. The summed E-state index contributed by atoms with van der Waals surface area (Å²) in [6.45, 7) is 4.69. The van der Waals surface area contributed by atoms with E-state index in [4.69, 9.17) is 4.98 Å². The fourth-order valence-electron chi connectivity index (χ4n) is 8.23. The van der Waals surface area contributed by atoms with E-state index in [9.17, 15) is 0 Å². The summed E-state index contributed by atoms with van der Waals surface area (Å²) in [7, 11) is 2.13. The lowest BCUT2D eigenvalue weighted by Gasteiger charge is -2.63. The van der Waals surface area contributed by atoms with Crippen LogP contribution in [0.15, 0.2) is 36.7 Å². The molecule has 4 heteroatoms. The Labute approximate surface area is 172 Å². The zero-order valence-corrected chi connectivity index (χ0v) is 17.7. The van der Waals surface area contributed by atoms with E-state index in [-0.39, 0.29) is 5.54 Å². The summed E-state index contributed by atoms with van der Waals surface area (Å²) in [4.78, 5) is 8.07. The van der Waals surface area contributed by atoms with Crippen LogP contribution in [0.5, 0.6) is 0 Å². The van der Waals surface area contributed by atoms with Gasteiger partial charge in [0.15, 0.2) is 0 Å². The number of nitrogens with zero attached hydrogens (tertiary/aromatic N) is 4. The lowest BCUT2D eigenvalue weighted by molar-refractivity contribution is -0.0623. The van der Waals surface area contributed by atoms with Crippen LogP contribution in [0.2, 0.25) is 0 Å². The zero-order chi connectivity index (χ0) is 19.5. The van der Waals surface area contributed by atoms with Crippen molar-refractivity contribution in [2.75, 3.05) is 4.90 Å². The van der Waals surface area contributed by atoms with Gasteiger partial charge >= 0.3 is 0 Å². The second kappa shape index (κ2) is 5.27. The molecule has 4 nitrogen and oxygen atoms in total. The molecule has 8 rings (SSSR count). The molecule has 150 valence electrons. The number of aryl methyl sites for hydroxylation is 2. The first-order valence-electron chi connectivity index (χ1n) is 11.5. The smallest absolute Gasteiger partial charge is 0.214 e. The highest BCUT2D eigenvalue weighted by Gasteiger charge is 2.66. The van der Waals surface area contributed by atoms with Crippen LogP contribution < -0.4 is 4.90 Å². The lowest BCUT2D eigenvalue weighted by Crippen LogP contribution is -2.62. The average Bonchev–Trinajstić information content (AvgIpc) is 3.31. The Hall–Kier alpha value is -2.23. The highest BCUT2D eigenvalue weighted by Crippen LogP contribution is 2.68. The topological polar surface area (TPSA) is 25.5 Å². The van der Waals surface area contributed by atoms with Gasteiger partial charge in [0.05, 0.1) is 23.0 Å². The Bertz CT molecular complexity index is 1110. The summed E-state index contributed by atoms with van der Waals surface area (Å²) in [6, 6.07) is 9.37. The van der Waals surface area contributed by atoms with E-state index in [1.54, 1.807) is 0 Å². The summed E-state index contributed by atoms with van der Waals surface area (Å²) in [5.74, 6) is 4.53. The Kier molecular flexibility index (Phi) is 3.01. The van der Waals surface area contributed by atoms with Gasteiger partial charge in [0.1, 0.15) is 0 Å². The first-order valence-corrected chi connectivity index (χ1v) is 11.5. The summed E-state index contributed by atoms with van der Waals surface area (Å²) in [5.41, 5.74) is 5.78. The average molecular weight is 387 g/mol. The number of benzene rings is 1. The standard InChI is InChI=1S/C25H30N4/c1-15-6-4-5-7-21(15)29-16(2)22-23(28-9-8-27(3)24(28)26-22)25(29)19-11-17-10-18(13-19)14-20(25)12-17/h4-9,16-20H,10-14H2,1-3H3/t16-,17?,18?,19?,20?,25?/m0/s1. The Morgan fingerprint density at radius 3 is 2.34 bits per heavy atom. The molecule has 3 heterocycles. The van der Waals surface area contributed by atoms with E-state index in [2.05, 4.69) is 71.4 Å². The number of rotatable bonds is 1. The largest absolute Gasteiger partial charge is 0.351 e. The van der Waals surface area contributed by atoms with Crippen molar-refractivity contribution in [2.24, 2.45) is 30.7 Å². The summed E-state index contributed by atoms with van der Waals surface area (Å²) in [5, 5.41) is 0. The Morgan fingerprint density at radius 2 is 1.66 bits per heavy atom. The molecule has 4 bridgehead atoms. The number of fused-ring (bicyclic) bond motifs is 3. The molecular weight excluding hydrogens is 356 g/mol. The van der Waals surface area contributed by atoms with Crippen molar-refractivity contribution in [1.82, 2.24) is 14.0 Å². The minimum Gasteiger partial charge on any atom is -0.351 e. The normalized spacial score (nSPS) is 37.2. The van der Waals surface area contributed by atoms with Crippen LogP contribution in [0.3, 0.4) is 0 Å². The minimum atomic E-state index is 0.106. The molecule has 3 aromatic rings. The molecule has 4 aliphatic carbocycles. The summed E-state index contributed by atoms with van der Waals surface area (Å²) < 4.78 is 4.64. The third kappa shape index (κ3) is 1.81. The molecule has 2 aromatic heterocycles. The van der Waals surface area contributed by atoms with E-state index in [0.29, 0.717) is 6.04 Å². The number of hydrogen-bond donors (Lipinski definition) is 0. The predicted molar refractivity (Wildman–Crippen MR) is 115 cm³/mol. The first kappa shape index (κ1) is 16.6. The fraction of sp³-hybridized carbons (Fsp3) is 0.560. The van der Waals surface area contributed by atoms with Crippen molar-refractivity contribution in [2.45, 2.75) is 57.5 Å². The maximum Gasteiger partial charge on any atom is 0.214 e. The van der Waals surface area contributed by atoms with E-state index < -0.39 is 0 Å². The van der Waals surface area contributed by atoms with Crippen molar-refractivity contribution < 1.29 is 0 Å². The molecule has 4 fully saturated rings. The zero-order valence-electron chi connectivity index (χ0n) is 17.7. The molecule has 1 atom stereocenters. The fourth-order valence-corrected chi connectivity index (χ4v) is 8.23. The Balaban J connectivity index is 1.55. The summed E-state index contributed by atoms with van der Waals surface area (Å²) >= 11 is 0. The maximum atomic E-state index is 5.23. The van der Waals surface area contributed by atoms with Gasteiger partial charge in [0, 0.05) is 25.1 Å². The second-order valence-corrected chi connectivity index (χ2v) is 10.4. The lowest BCUT2D eigenvalue weighted by atomic mass is 9.47. The SMILES string of the molecule is Cc1ccccc1N1[C@@H](C)c2nc3n(C)ccn3c2C12C1CC3CC(C1)CC2C3. The van der Waals surface area contributed by atoms with Gasteiger partial charge in [0.25, 0.3) is 0 Å². The predicted octanol–water partition coefficient (Wildman–Crippen LogP) is 5.21. The molecule has 1 spiro atoms. The van der Waals surface area contributed by atoms with Gasteiger partial charge in [-0.15, -0.1) is 0 Å². The van der Waals surface area contributed by atoms with Gasteiger partial charge in [-0.25, -0.2) is 4.98 Å². The van der Waals surface area contributed by atoms with E-state index in [1.165, 1.54) is 54.7 Å². The molecule has 0 saturated heterocycles. The van der Waals surface area contributed by atoms with Crippen LogP contribution in [-0.4, -0.2) is 14.0 Å². The van der Waals surface area contributed by atoms with Crippen LogP contribution in [0, 0.1) is 30.6 Å². The highest BCUT2D eigenvalue weighted by atomic mass is 15.3. The molecule has 4 saturated carbocycles. The van der Waals surface area contributed by atoms with Gasteiger partial charge in [-0.2, -0.15) is 0 Å². The highest BCUT2D eigenvalue weighted by molar-refractivity contribution is 5.64. The third-order valence-corrected chi connectivity index (χ3v) is 8.99. The quantitative estimate of drug-likeness (QED) is 0.573. The van der Waals surface area contributed by atoms with Crippen LogP contribution in [-0.2, 0) is 12.6 Å². The van der Waals surface area contributed by atoms with Crippen LogP contribution in [0.25, 0.3) is 5.78 Å². The number of para-hydroxylation sites is 1. The van der Waals surface area contributed by atoms with E-state index in [1.807, 2.05) is 0 Å². The molecule has 0 N–H and O–H groups in total. The minimum absolute atomic E-state index is 0.106. The van der Waals surface area contributed by atoms with Crippen molar-refractivity contribution in [3.8, 4) is 0 Å².